The normalized spacial score (nSPS) is 13.5. The number of hydrogen-bond donors (Lipinski definition) is 3. The Morgan fingerprint density at radius 3 is 2.31 bits per heavy atom. The van der Waals surface area contributed by atoms with Crippen LogP contribution in [0.5, 0.6) is 11.5 Å². The molecule has 29 heavy (non-hydrogen) atoms. The molecule has 3 aromatic rings. The monoisotopic (exact) mass is 389 g/mol. The van der Waals surface area contributed by atoms with E-state index in [2.05, 4.69) is 22.4 Å². The topological polar surface area (TPSA) is 79.9 Å². The van der Waals surface area contributed by atoms with Crippen LogP contribution >= 0.6 is 0 Å². The molecular weight excluding hydrogens is 362 g/mol. The van der Waals surface area contributed by atoms with E-state index in [1.807, 2.05) is 72.8 Å². The third-order valence-electron chi connectivity index (χ3n) is 4.46. The summed E-state index contributed by atoms with van der Waals surface area (Å²) in [7, 11) is 0. The van der Waals surface area contributed by atoms with Crippen LogP contribution in [0.15, 0.2) is 89.9 Å². The first-order chi connectivity index (χ1) is 14.1. The highest BCUT2D eigenvalue weighted by Gasteiger charge is 2.14. The van der Waals surface area contributed by atoms with E-state index in [0.717, 1.165) is 17.0 Å². The maximum Gasteiger partial charge on any atom is 0.193 e. The lowest BCUT2D eigenvalue weighted by Gasteiger charge is -2.17. The summed E-state index contributed by atoms with van der Waals surface area (Å²) in [5.41, 5.74) is 8.04. The van der Waals surface area contributed by atoms with Crippen molar-refractivity contribution in [3.8, 4) is 11.5 Å². The number of ether oxygens (including phenoxy) is 1. The summed E-state index contributed by atoms with van der Waals surface area (Å²) in [6, 6.07) is 27.3. The summed E-state index contributed by atoms with van der Waals surface area (Å²) in [6.07, 6.45) is 0.220. The molecule has 0 saturated heterocycles. The zero-order valence-electron chi connectivity index (χ0n) is 16.5. The lowest BCUT2D eigenvalue weighted by atomic mass is 9.93. The number of aliphatic imine (C=N–C) groups is 1. The highest BCUT2D eigenvalue weighted by molar-refractivity contribution is 5.92. The van der Waals surface area contributed by atoms with Crippen LogP contribution in [0.2, 0.25) is 0 Å². The number of hydrogen-bond acceptors (Lipinski definition) is 3. The van der Waals surface area contributed by atoms with Gasteiger partial charge in [0.05, 0.1) is 6.10 Å². The fourth-order valence-electron chi connectivity index (χ4n) is 3.11. The molecule has 0 fully saturated rings. The minimum Gasteiger partial charge on any atom is -0.457 e. The minimum atomic E-state index is -0.406. The van der Waals surface area contributed by atoms with E-state index >= 15 is 0 Å². The van der Waals surface area contributed by atoms with E-state index in [4.69, 9.17) is 10.5 Å². The molecule has 5 heteroatoms. The van der Waals surface area contributed by atoms with E-state index in [-0.39, 0.29) is 5.92 Å². The lowest BCUT2D eigenvalue weighted by molar-refractivity contribution is 0.175. The number of nitrogens with one attached hydrogen (secondary N) is 1. The van der Waals surface area contributed by atoms with Crippen LogP contribution < -0.4 is 15.8 Å². The molecule has 0 aromatic heterocycles. The Kier molecular flexibility index (Phi) is 7.25. The van der Waals surface area contributed by atoms with Crippen molar-refractivity contribution in [2.45, 2.75) is 25.4 Å². The first kappa shape index (κ1) is 20.4. The first-order valence-corrected chi connectivity index (χ1v) is 9.73. The lowest BCUT2D eigenvalue weighted by Crippen LogP contribution is -2.24. The third-order valence-corrected chi connectivity index (χ3v) is 4.46. The molecule has 4 N–H and O–H groups in total. The molecule has 0 aliphatic rings. The maximum atomic E-state index is 9.83. The Hall–Kier alpha value is -3.31. The van der Waals surface area contributed by atoms with Gasteiger partial charge in [-0.1, -0.05) is 54.6 Å². The fourth-order valence-corrected chi connectivity index (χ4v) is 3.11. The molecule has 3 rings (SSSR count). The number of benzene rings is 3. The Morgan fingerprint density at radius 2 is 1.62 bits per heavy atom. The number of nitrogens with zero attached hydrogens (tertiary/aromatic N) is 1. The SMILES string of the molecule is CC(O)CC(CN=C(N)Nc1cccc(Oc2ccccc2)c1)c1ccccc1. The molecule has 0 radical (unpaired) electrons. The minimum absolute atomic E-state index is 0.101. The predicted molar refractivity (Wildman–Crippen MR) is 119 cm³/mol. The Bertz CT molecular complexity index is 912. The average Bonchev–Trinajstić information content (AvgIpc) is 2.72. The van der Waals surface area contributed by atoms with E-state index in [9.17, 15) is 5.11 Å². The van der Waals surface area contributed by atoms with Crippen LogP contribution in [0.4, 0.5) is 5.69 Å². The van der Waals surface area contributed by atoms with Gasteiger partial charge in [-0.15, -0.1) is 0 Å². The molecular formula is C24H27N3O2. The van der Waals surface area contributed by atoms with E-state index < -0.39 is 6.10 Å². The summed E-state index contributed by atoms with van der Waals surface area (Å²) in [5, 5.41) is 12.9. The van der Waals surface area contributed by atoms with Crippen molar-refractivity contribution in [1.29, 1.82) is 0 Å². The van der Waals surface area contributed by atoms with Crippen molar-refractivity contribution in [3.05, 3.63) is 90.5 Å². The van der Waals surface area contributed by atoms with Gasteiger partial charge in [0.25, 0.3) is 0 Å². The van der Waals surface area contributed by atoms with E-state index in [0.29, 0.717) is 24.7 Å². The fraction of sp³-hybridized carbons (Fsp3) is 0.208. The zero-order chi connectivity index (χ0) is 20.5. The summed E-state index contributed by atoms with van der Waals surface area (Å²) in [6.45, 7) is 2.29. The molecule has 0 bridgehead atoms. The highest BCUT2D eigenvalue weighted by atomic mass is 16.5. The molecule has 5 nitrogen and oxygen atoms in total. The van der Waals surface area contributed by atoms with Crippen molar-refractivity contribution in [2.24, 2.45) is 10.7 Å². The number of nitrogens with two attached hydrogens (primary N) is 1. The van der Waals surface area contributed by atoms with E-state index in [1.165, 1.54) is 0 Å². The van der Waals surface area contributed by atoms with Gasteiger partial charge in [0.15, 0.2) is 5.96 Å². The van der Waals surface area contributed by atoms with Crippen LogP contribution in [0, 0.1) is 0 Å². The molecule has 0 spiro atoms. The smallest absolute Gasteiger partial charge is 0.193 e. The molecule has 0 amide bonds. The number of anilines is 1. The summed E-state index contributed by atoms with van der Waals surface area (Å²) < 4.78 is 5.85. The zero-order valence-corrected chi connectivity index (χ0v) is 16.5. The van der Waals surface area contributed by atoms with Gasteiger partial charge < -0.3 is 20.9 Å². The van der Waals surface area contributed by atoms with Crippen LogP contribution in [0.3, 0.4) is 0 Å². The average molecular weight is 389 g/mol. The van der Waals surface area contributed by atoms with Crippen molar-refractivity contribution in [1.82, 2.24) is 0 Å². The van der Waals surface area contributed by atoms with Crippen molar-refractivity contribution >= 4 is 11.6 Å². The molecule has 2 atom stereocenters. The van der Waals surface area contributed by atoms with Crippen LogP contribution in [0.25, 0.3) is 0 Å². The molecule has 3 aromatic carbocycles. The van der Waals surface area contributed by atoms with Crippen molar-refractivity contribution in [2.75, 3.05) is 11.9 Å². The quantitative estimate of drug-likeness (QED) is 0.383. The Labute approximate surface area is 171 Å². The van der Waals surface area contributed by atoms with Gasteiger partial charge in [-0.3, -0.25) is 4.99 Å². The molecule has 0 aliphatic carbocycles. The van der Waals surface area contributed by atoms with Gasteiger partial charge in [-0.2, -0.15) is 0 Å². The largest absolute Gasteiger partial charge is 0.457 e. The molecule has 0 heterocycles. The van der Waals surface area contributed by atoms with Gasteiger partial charge in [0, 0.05) is 24.2 Å². The number of guanidine groups is 1. The Balaban J connectivity index is 1.64. The van der Waals surface area contributed by atoms with Gasteiger partial charge in [-0.05, 0) is 43.2 Å². The van der Waals surface area contributed by atoms with Gasteiger partial charge >= 0.3 is 0 Å². The number of aliphatic hydroxyl groups excluding tert-OH is 1. The predicted octanol–water partition coefficient (Wildman–Crippen LogP) is 4.76. The third kappa shape index (κ3) is 6.66. The summed E-state index contributed by atoms with van der Waals surface area (Å²) >= 11 is 0. The number of rotatable bonds is 8. The van der Waals surface area contributed by atoms with Crippen LogP contribution in [-0.4, -0.2) is 23.7 Å². The van der Waals surface area contributed by atoms with Gasteiger partial charge in [0.2, 0.25) is 0 Å². The number of aliphatic hydroxyl groups is 1. The second-order valence-electron chi connectivity index (χ2n) is 6.99. The van der Waals surface area contributed by atoms with Crippen LogP contribution in [-0.2, 0) is 0 Å². The number of para-hydroxylation sites is 1. The molecule has 0 aliphatic heterocycles. The molecule has 2 unspecified atom stereocenters. The van der Waals surface area contributed by atoms with Gasteiger partial charge in [0.1, 0.15) is 11.5 Å². The molecule has 150 valence electrons. The molecule has 0 saturated carbocycles. The standard InChI is InChI=1S/C24H27N3O2/c1-18(28)15-20(19-9-4-2-5-10-19)17-26-24(25)27-21-11-8-14-23(16-21)29-22-12-6-3-7-13-22/h2-14,16,18,20,28H,15,17H2,1H3,(H3,25,26,27). The van der Waals surface area contributed by atoms with Crippen molar-refractivity contribution in [3.63, 3.8) is 0 Å². The summed E-state index contributed by atoms with van der Waals surface area (Å²) in [5.74, 6) is 1.91. The van der Waals surface area contributed by atoms with E-state index in [1.54, 1.807) is 6.92 Å². The maximum absolute atomic E-state index is 9.83. The summed E-state index contributed by atoms with van der Waals surface area (Å²) in [4.78, 5) is 4.49. The Morgan fingerprint density at radius 1 is 0.966 bits per heavy atom. The second kappa shape index (κ2) is 10.3. The highest BCUT2D eigenvalue weighted by Crippen LogP contribution is 2.24. The second-order valence-corrected chi connectivity index (χ2v) is 6.99. The first-order valence-electron chi connectivity index (χ1n) is 9.73. The van der Waals surface area contributed by atoms with Crippen LogP contribution in [0.1, 0.15) is 24.8 Å². The van der Waals surface area contributed by atoms with Gasteiger partial charge in [-0.25, -0.2) is 0 Å². The van der Waals surface area contributed by atoms with Crippen molar-refractivity contribution < 1.29 is 9.84 Å².